The first kappa shape index (κ1) is 14.3. The summed E-state index contributed by atoms with van der Waals surface area (Å²) in [4.78, 5) is 25.9. The molecule has 0 aromatic heterocycles. The van der Waals surface area contributed by atoms with Crippen LogP contribution in [0.5, 0.6) is 0 Å². The number of para-hydroxylation sites is 1. The van der Waals surface area contributed by atoms with E-state index in [0.29, 0.717) is 19.4 Å². The van der Waals surface area contributed by atoms with E-state index in [1.54, 1.807) is 4.90 Å². The molecule has 0 unspecified atom stereocenters. The second-order valence-electron chi connectivity index (χ2n) is 5.47. The van der Waals surface area contributed by atoms with Gasteiger partial charge in [0.05, 0.1) is 12.5 Å². The van der Waals surface area contributed by atoms with Gasteiger partial charge in [0, 0.05) is 18.7 Å². The fourth-order valence-electron chi connectivity index (χ4n) is 2.72. The minimum Gasteiger partial charge on any atom is -0.351 e. The maximum absolute atomic E-state index is 12.1. The van der Waals surface area contributed by atoms with Gasteiger partial charge in [-0.2, -0.15) is 0 Å². The van der Waals surface area contributed by atoms with Gasteiger partial charge in [-0.1, -0.05) is 48.5 Å². The Morgan fingerprint density at radius 1 is 1.05 bits per heavy atom. The minimum absolute atomic E-state index is 0.0427. The molecule has 0 saturated carbocycles. The summed E-state index contributed by atoms with van der Waals surface area (Å²) in [6.07, 6.45) is 0.701. The smallest absolute Gasteiger partial charge is 0.229 e. The Labute approximate surface area is 129 Å². The summed E-state index contributed by atoms with van der Waals surface area (Å²) in [5.74, 6) is 0.00937. The monoisotopic (exact) mass is 294 g/mol. The van der Waals surface area contributed by atoms with Crippen molar-refractivity contribution in [2.24, 2.45) is 0 Å². The van der Waals surface area contributed by atoms with Crippen molar-refractivity contribution in [3.8, 4) is 0 Å². The summed E-state index contributed by atoms with van der Waals surface area (Å²) in [6, 6.07) is 19.0. The van der Waals surface area contributed by atoms with E-state index in [0.717, 1.165) is 11.3 Å². The predicted molar refractivity (Wildman–Crippen MR) is 85.5 cm³/mol. The molecule has 3 rings (SSSR count). The van der Waals surface area contributed by atoms with Gasteiger partial charge >= 0.3 is 0 Å². The quantitative estimate of drug-likeness (QED) is 0.939. The molecule has 112 valence electrons. The van der Waals surface area contributed by atoms with Gasteiger partial charge in [0.2, 0.25) is 11.8 Å². The van der Waals surface area contributed by atoms with Crippen molar-refractivity contribution in [3.05, 3.63) is 66.2 Å². The molecular formula is C18H18N2O2. The van der Waals surface area contributed by atoms with Crippen LogP contribution in [0.4, 0.5) is 5.69 Å². The Hall–Kier alpha value is -2.62. The SMILES string of the molecule is O=C(Cc1ccccc1)N[C@@H]1CC(=O)N(c2ccccc2)C1. The van der Waals surface area contributed by atoms with Crippen LogP contribution in [-0.2, 0) is 16.0 Å². The van der Waals surface area contributed by atoms with Gasteiger partial charge in [-0.15, -0.1) is 0 Å². The van der Waals surface area contributed by atoms with E-state index in [1.165, 1.54) is 0 Å². The van der Waals surface area contributed by atoms with Crippen molar-refractivity contribution in [3.63, 3.8) is 0 Å². The molecular weight excluding hydrogens is 276 g/mol. The molecule has 1 aliphatic rings. The molecule has 1 atom stereocenters. The maximum Gasteiger partial charge on any atom is 0.229 e. The van der Waals surface area contributed by atoms with Gasteiger partial charge in [0.15, 0.2) is 0 Å². The zero-order valence-electron chi connectivity index (χ0n) is 12.2. The number of nitrogens with one attached hydrogen (secondary N) is 1. The molecule has 1 N–H and O–H groups in total. The van der Waals surface area contributed by atoms with Crippen LogP contribution in [0.3, 0.4) is 0 Å². The summed E-state index contributed by atoms with van der Waals surface area (Å²) < 4.78 is 0. The molecule has 4 nitrogen and oxygen atoms in total. The van der Waals surface area contributed by atoms with Crippen LogP contribution in [0, 0.1) is 0 Å². The fourth-order valence-corrected chi connectivity index (χ4v) is 2.72. The predicted octanol–water partition coefficient (Wildman–Crippen LogP) is 2.15. The average molecular weight is 294 g/mol. The standard InChI is InChI=1S/C18H18N2O2/c21-17(11-14-7-3-1-4-8-14)19-15-12-18(22)20(13-15)16-9-5-2-6-10-16/h1-10,15H,11-13H2,(H,19,21)/t15-/m1/s1. The first-order valence-electron chi connectivity index (χ1n) is 7.41. The van der Waals surface area contributed by atoms with Crippen molar-refractivity contribution in [2.75, 3.05) is 11.4 Å². The summed E-state index contributed by atoms with van der Waals surface area (Å²) in [5, 5.41) is 2.96. The normalized spacial score (nSPS) is 17.5. The number of rotatable bonds is 4. The Kier molecular flexibility index (Phi) is 4.19. The van der Waals surface area contributed by atoms with Gasteiger partial charge in [-0.3, -0.25) is 9.59 Å². The van der Waals surface area contributed by atoms with E-state index in [-0.39, 0.29) is 17.9 Å². The van der Waals surface area contributed by atoms with Crippen LogP contribution in [0.25, 0.3) is 0 Å². The van der Waals surface area contributed by atoms with Crippen LogP contribution in [0.2, 0.25) is 0 Å². The highest BCUT2D eigenvalue weighted by molar-refractivity contribution is 5.96. The van der Waals surface area contributed by atoms with E-state index in [4.69, 9.17) is 0 Å². The summed E-state index contributed by atoms with van der Waals surface area (Å²) in [6.45, 7) is 0.531. The third-order valence-electron chi connectivity index (χ3n) is 3.77. The number of hydrogen-bond acceptors (Lipinski definition) is 2. The van der Waals surface area contributed by atoms with Crippen molar-refractivity contribution in [2.45, 2.75) is 18.9 Å². The van der Waals surface area contributed by atoms with Crippen LogP contribution >= 0.6 is 0 Å². The number of nitrogens with zero attached hydrogens (tertiary/aromatic N) is 1. The summed E-state index contributed by atoms with van der Waals surface area (Å²) in [7, 11) is 0. The van der Waals surface area contributed by atoms with Crippen LogP contribution in [0.1, 0.15) is 12.0 Å². The van der Waals surface area contributed by atoms with Gasteiger partial charge in [-0.05, 0) is 17.7 Å². The zero-order chi connectivity index (χ0) is 15.4. The molecule has 2 aromatic rings. The second kappa shape index (κ2) is 6.43. The van der Waals surface area contributed by atoms with Crippen LogP contribution in [0.15, 0.2) is 60.7 Å². The van der Waals surface area contributed by atoms with Crippen molar-refractivity contribution in [1.82, 2.24) is 5.32 Å². The average Bonchev–Trinajstić information content (AvgIpc) is 2.89. The lowest BCUT2D eigenvalue weighted by Gasteiger charge is -2.17. The lowest BCUT2D eigenvalue weighted by Crippen LogP contribution is -2.38. The lowest BCUT2D eigenvalue weighted by atomic mass is 10.1. The molecule has 0 spiro atoms. The first-order valence-corrected chi connectivity index (χ1v) is 7.41. The van der Waals surface area contributed by atoms with E-state index in [2.05, 4.69) is 5.32 Å². The molecule has 2 aromatic carbocycles. The molecule has 1 fully saturated rings. The summed E-state index contributed by atoms with van der Waals surface area (Å²) in [5.41, 5.74) is 1.86. The number of benzene rings is 2. The lowest BCUT2D eigenvalue weighted by molar-refractivity contribution is -0.121. The van der Waals surface area contributed by atoms with Gasteiger partial charge in [0.25, 0.3) is 0 Å². The molecule has 0 radical (unpaired) electrons. The molecule has 0 aliphatic carbocycles. The molecule has 22 heavy (non-hydrogen) atoms. The third kappa shape index (κ3) is 3.34. The highest BCUT2D eigenvalue weighted by atomic mass is 16.2. The number of amides is 2. The number of carbonyl (C=O) groups is 2. The fraction of sp³-hybridized carbons (Fsp3) is 0.222. The largest absolute Gasteiger partial charge is 0.351 e. The number of hydrogen-bond donors (Lipinski definition) is 1. The summed E-state index contributed by atoms with van der Waals surface area (Å²) >= 11 is 0. The van der Waals surface area contributed by atoms with Crippen molar-refractivity contribution < 1.29 is 9.59 Å². The molecule has 1 heterocycles. The second-order valence-corrected chi connectivity index (χ2v) is 5.47. The van der Waals surface area contributed by atoms with E-state index >= 15 is 0 Å². The van der Waals surface area contributed by atoms with Gasteiger partial charge in [-0.25, -0.2) is 0 Å². The number of anilines is 1. The van der Waals surface area contributed by atoms with E-state index in [1.807, 2.05) is 60.7 Å². The topological polar surface area (TPSA) is 49.4 Å². The molecule has 0 bridgehead atoms. The van der Waals surface area contributed by atoms with Crippen LogP contribution in [-0.4, -0.2) is 24.4 Å². The third-order valence-corrected chi connectivity index (χ3v) is 3.77. The minimum atomic E-state index is -0.121. The van der Waals surface area contributed by atoms with Gasteiger partial charge in [0.1, 0.15) is 0 Å². The molecule has 2 amide bonds. The Morgan fingerprint density at radius 3 is 2.36 bits per heavy atom. The molecule has 4 heteroatoms. The molecule has 1 saturated heterocycles. The van der Waals surface area contributed by atoms with Crippen molar-refractivity contribution >= 4 is 17.5 Å². The zero-order valence-corrected chi connectivity index (χ0v) is 12.2. The molecule has 1 aliphatic heterocycles. The van der Waals surface area contributed by atoms with E-state index in [9.17, 15) is 9.59 Å². The van der Waals surface area contributed by atoms with Crippen molar-refractivity contribution in [1.29, 1.82) is 0 Å². The Balaban J connectivity index is 1.58. The first-order chi connectivity index (χ1) is 10.7. The Morgan fingerprint density at radius 2 is 1.68 bits per heavy atom. The maximum atomic E-state index is 12.1. The van der Waals surface area contributed by atoms with Crippen LogP contribution < -0.4 is 10.2 Å². The number of carbonyl (C=O) groups excluding carboxylic acids is 2. The van der Waals surface area contributed by atoms with Gasteiger partial charge < -0.3 is 10.2 Å². The van der Waals surface area contributed by atoms with E-state index < -0.39 is 0 Å². The highest BCUT2D eigenvalue weighted by Gasteiger charge is 2.31. The highest BCUT2D eigenvalue weighted by Crippen LogP contribution is 2.21. The Bertz CT molecular complexity index is 655.